The highest BCUT2D eigenvalue weighted by Crippen LogP contribution is 2.48. The monoisotopic (exact) mass is 265 g/mol. The Morgan fingerprint density at radius 3 is 2.45 bits per heavy atom. The molecule has 0 atom stereocenters. The lowest BCUT2D eigenvalue weighted by atomic mass is 9.95. The minimum absolute atomic E-state index is 0.00625. The Morgan fingerprint density at radius 2 is 1.80 bits per heavy atom. The second-order valence-corrected chi connectivity index (χ2v) is 5.15. The van der Waals surface area contributed by atoms with Gasteiger partial charge in [0.15, 0.2) is 0 Å². The zero-order chi connectivity index (χ0) is 14.0. The van der Waals surface area contributed by atoms with E-state index in [9.17, 15) is 9.59 Å². The van der Waals surface area contributed by atoms with E-state index in [1.165, 1.54) is 0 Å². The van der Waals surface area contributed by atoms with Gasteiger partial charge in [0.2, 0.25) is 5.91 Å². The van der Waals surface area contributed by atoms with Crippen molar-refractivity contribution < 1.29 is 9.59 Å². The van der Waals surface area contributed by atoms with Crippen LogP contribution in [0.15, 0.2) is 54.6 Å². The number of benzene rings is 2. The van der Waals surface area contributed by atoms with Gasteiger partial charge in [0.1, 0.15) is 6.29 Å². The number of anilines is 1. The van der Waals surface area contributed by atoms with E-state index in [4.69, 9.17) is 0 Å². The summed E-state index contributed by atoms with van der Waals surface area (Å²) < 4.78 is 0. The van der Waals surface area contributed by atoms with Gasteiger partial charge >= 0.3 is 0 Å². The van der Waals surface area contributed by atoms with Crippen LogP contribution in [-0.2, 0) is 10.2 Å². The van der Waals surface area contributed by atoms with Crippen LogP contribution in [0.25, 0.3) is 0 Å². The summed E-state index contributed by atoms with van der Waals surface area (Å²) in [5.41, 5.74) is 1.90. The number of carbonyl (C=O) groups excluding carboxylic acids is 2. The van der Waals surface area contributed by atoms with Crippen LogP contribution in [0.1, 0.15) is 28.8 Å². The molecule has 100 valence electrons. The maximum absolute atomic E-state index is 12.5. The summed E-state index contributed by atoms with van der Waals surface area (Å²) in [6, 6.07) is 16.8. The molecule has 20 heavy (non-hydrogen) atoms. The molecule has 0 aromatic heterocycles. The van der Waals surface area contributed by atoms with E-state index in [0.717, 1.165) is 24.7 Å². The molecule has 0 bridgehead atoms. The van der Waals surface area contributed by atoms with Gasteiger partial charge < -0.3 is 5.32 Å². The molecule has 3 rings (SSSR count). The van der Waals surface area contributed by atoms with Crippen molar-refractivity contribution in [3.63, 3.8) is 0 Å². The predicted molar refractivity (Wildman–Crippen MR) is 77.8 cm³/mol. The molecule has 1 fully saturated rings. The zero-order valence-corrected chi connectivity index (χ0v) is 11.0. The van der Waals surface area contributed by atoms with Gasteiger partial charge in [0.05, 0.1) is 5.41 Å². The first-order valence-electron chi connectivity index (χ1n) is 6.67. The van der Waals surface area contributed by atoms with E-state index in [-0.39, 0.29) is 5.91 Å². The van der Waals surface area contributed by atoms with Gasteiger partial charge in [-0.1, -0.05) is 42.5 Å². The van der Waals surface area contributed by atoms with Crippen LogP contribution in [0.5, 0.6) is 0 Å². The zero-order valence-electron chi connectivity index (χ0n) is 11.0. The fourth-order valence-corrected chi connectivity index (χ4v) is 2.47. The molecule has 1 aliphatic carbocycles. The van der Waals surface area contributed by atoms with Crippen molar-refractivity contribution >= 4 is 17.9 Å². The molecule has 1 N–H and O–H groups in total. The first-order valence-corrected chi connectivity index (χ1v) is 6.67. The van der Waals surface area contributed by atoms with Crippen LogP contribution < -0.4 is 5.32 Å². The fraction of sp³-hybridized carbons (Fsp3) is 0.176. The highest BCUT2D eigenvalue weighted by atomic mass is 16.2. The molecule has 1 aliphatic rings. The molecule has 2 aromatic carbocycles. The highest BCUT2D eigenvalue weighted by molar-refractivity contribution is 6.01. The second-order valence-electron chi connectivity index (χ2n) is 5.15. The van der Waals surface area contributed by atoms with E-state index in [2.05, 4.69) is 5.32 Å². The SMILES string of the molecule is O=Cc1cccc(NC(=O)C2(c3ccccc3)CC2)c1. The van der Waals surface area contributed by atoms with Gasteiger partial charge in [-0.25, -0.2) is 0 Å². The molecule has 0 spiro atoms. The summed E-state index contributed by atoms with van der Waals surface area (Å²) in [7, 11) is 0. The Kier molecular flexibility index (Phi) is 3.11. The van der Waals surface area contributed by atoms with Crippen LogP contribution >= 0.6 is 0 Å². The van der Waals surface area contributed by atoms with E-state index in [1.54, 1.807) is 24.3 Å². The third kappa shape index (κ3) is 2.23. The number of amides is 1. The normalized spacial score (nSPS) is 15.4. The third-order valence-electron chi connectivity index (χ3n) is 3.79. The third-order valence-corrected chi connectivity index (χ3v) is 3.79. The van der Waals surface area contributed by atoms with Crippen LogP contribution in [0.4, 0.5) is 5.69 Å². The van der Waals surface area contributed by atoms with Crippen molar-refractivity contribution in [2.24, 2.45) is 0 Å². The quantitative estimate of drug-likeness (QED) is 0.863. The first-order chi connectivity index (χ1) is 9.74. The average molecular weight is 265 g/mol. The topological polar surface area (TPSA) is 46.2 Å². The Labute approximate surface area is 117 Å². The van der Waals surface area contributed by atoms with Crippen LogP contribution in [0.2, 0.25) is 0 Å². The number of nitrogens with one attached hydrogen (secondary N) is 1. The average Bonchev–Trinajstić information content (AvgIpc) is 3.30. The largest absolute Gasteiger partial charge is 0.325 e. The van der Waals surface area contributed by atoms with Crippen molar-refractivity contribution in [1.29, 1.82) is 0 Å². The van der Waals surface area contributed by atoms with Crippen molar-refractivity contribution in [3.8, 4) is 0 Å². The minimum atomic E-state index is -0.390. The standard InChI is InChI=1S/C17H15NO2/c19-12-13-5-4-8-15(11-13)18-16(20)17(9-10-17)14-6-2-1-3-7-14/h1-8,11-12H,9-10H2,(H,18,20). The van der Waals surface area contributed by atoms with Gasteiger partial charge in [-0.15, -0.1) is 0 Å². The number of carbonyl (C=O) groups is 2. The molecule has 0 heterocycles. The second kappa shape index (κ2) is 4.93. The smallest absolute Gasteiger partial charge is 0.235 e. The predicted octanol–water partition coefficient (Wildman–Crippen LogP) is 3.17. The van der Waals surface area contributed by atoms with E-state index >= 15 is 0 Å². The fourth-order valence-electron chi connectivity index (χ4n) is 2.47. The highest BCUT2D eigenvalue weighted by Gasteiger charge is 2.51. The molecule has 0 radical (unpaired) electrons. The van der Waals surface area contributed by atoms with Gasteiger partial charge in [-0.05, 0) is 30.5 Å². The molecule has 3 nitrogen and oxygen atoms in total. The van der Waals surface area contributed by atoms with Crippen molar-refractivity contribution in [1.82, 2.24) is 0 Å². The maximum atomic E-state index is 12.5. The molecule has 0 aliphatic heterocycles. The Balaban J connectivity index is 1.81. The molecule has 2 aromatic rings. The number of rotatable bonds is 4. The summed E-state index contributed by atoms with van der Waals surface area (Å²) in [6.45, 7) is 0. The molecule has 3 heteroatoms. The number of hydrogen-bond acceptors (Lipinski definition) is 2. The van der Waals surface area contributed by atoms with Gasteiger partial charge in [0, 0.05) is 11.3 Å². The molecular weight excluding hydrogens is 250 g/mol. The summed E-state index contributed by atoms with van der Waals surface area (Å²) in [6.07, 6.45) is 2.52. The lowest BCUT2D eigenvalue weighted by Gasteiger charge is -2.15. The van der Waals surface area contributed by atoms with Crippen molar-refractivity contribution in [2.45, 2.75) is 18.3 Å². The summed E-state index contributed by atoms with van der Waals surface area (Å²) >= 11 is 0. The number of aldehydes is 1. The Hall–Kier alpha value is -2.42. The van der Waals surface area contributed by atoms with Crippen LogP contribution in [0.3, 0.4) is 0 Å². The Morgan fingerprint density at radius 1 is 1.05 bits per heavy atom. The summed E-state index contributed by atoms with van der Waals surface area (Å²) in [5, 5.41) is 2.92. The van der Waals surface area contributed by atoms with E-state index < -0.39 is 5.41 Å². The van der Waals surface area contributed by atoms with E-state index in [1.807, 2.05) is 30.3 Å². The molecule has 0 saturated heterocycles. The molecule has 1 saturated carbocycles. The van der Waals surface area contributed by atoms with Gasteiger partial charge in [-0.2, -0.15) is 0 Å². The molecular formula is C17H15NO2. The van der Waals surface area contributed by atoms with Gasteiger partial charge in [0.25, 0.3) is 0 Å². The molecule has 0 unspecified atom stereocenters. The first kappa shape index (κ1) is 12.6. The number of hydrogen-bond donors (Lipinski definition) is 1. The molecule has 1 amide bonds. The summed E-state index contributed by atoms with van der Waals surface area (Å²) in [4.78, 5) is 23.3. The van der Waals surface area contributed by atoms with Gasteiger partial charge in [-0.3, -0.25) is 9.59 Å². The minimum Gasteiger partial charge on any atom is -0.325 e. The lowest BCUT2D eigenvalue weighted by molar-refractivity contribution is -0.118. The van der Waals surface area contributed by atoms with Crippen LogP contribution in [-0.4, -0.2) is 12.2 Å². The van der Waals surface area contributed by atoms with Crippen LogP contribution in [0, 0.1) is 0 Å². The Bertz CT molecular complexity index is 645. The van der Waals surface area contributed by atoms with E-state index in [0.29, 0.717) is 11.3 Å². The van der Waals surface area contributed by atoms with Crippen molar-refractivity contribution in [2.75, 3.05) is 5.32 Å². The lowest BCUT2D eigenvalue weighted by Crippen LogP contribution is -2.27. The summed E-state index contributed by atoms with van der Waals surface area (Å²) in [5.74, 6) is 0.00625. The maximum Gasteiger partial charge on any atom is 0.235 e. The van der Waals surface area contributed by atoms with Crippen molar-refractivity contribution in [3.05, 3.63) is 65.7 Å².